The van der Waals surface area contributed by atoms with Gasteiger partial charge in [-0.1, -0.05) is 0 Å². The molecule has 0 bridgehead atoms. The highest BCUT2D eigenvalue weighted by Gasteiger charge is 2.20. The van der Waals surface area contributed by atoms with Crippen molar-refractivity contribution >= 4 is 0 Å². The molecule has 0 radical (unpaired) electrons. The molecule has 2 rings (SSSR count). The van der Waals surface area contributed by atoms with Gasteiger partial charge in [-0.15, -0.1) is 0 Å². The van der Waals surface area contributed by atoms with Gasteiger partial charge in [0.25, 0.3) is 0 Å². The van der Waals surface area contributed by atoms with Crippen LogP contribution in [0.4, 0.5) is 0 Å². The molecule has 0 spiro atoms. The van der Waals surface area contributed by atoms with Gasteiger partial charge in [-0.05, 0) is 44.0 Å². The third kappa shape index (κ3) is 2.76. The van der Waals surface area contributed by atoms with Crippen LogP contribution in [0.2, 0.25) is 0 Å². The normalized spacial score (nSPS) is 21.5. The SMILES string of the molecule is COc1ncc(C2CCCN(C)C2)cc1CN. The molecule has 1 atom stereocenters. The summed E-state index contributed by atoms with van der Waals surface area (Å²) in [7, 11) is 3.81. The van der Waals surface area contributed by atoms with Gasteiger partial charge in [-0.25, -0.2) is 4.98 Å². The Morgan fingerprint density at radius 2 is 2.41 bits per heavy atom. The molecule has 1 saturated heterocycles. The summed E-state index contributed by atoms with van der Waals surface area (Å²) in [5, 5.41) is 0. The monoisotopic (exact) mass is 235 g/mol. The second kappa shape index (κ2) is 5.47. The molecule has 0 amide bonds. The lowest BCUT2D eigenvalue weighted by molar-refractivity contribution is 0.250. The van der Waals surface area contributed by atoms with E-state index < -0.39 is 0 Å². The van der Waals surface area contributed by atoms with Gasteiger partial charge < -0.3 is 15.4 Å². The molecule has 2 heterocycles. The third-order valence-corrected chi connectivity index (χ3v) is 3.46. The summed E-state index contributed by atoms with van der Waals surface area (Å²) in [6, 6.07) is 2.15. The highest BCUT2D eigenvalue weighted by atomic mass is 16.5. The average Bonchev–Trinajstić information content (AvgIpc) is 2.38. The summed E-state index contributed by atoms with van der Waals surface area (Å²) in [5.41, 5.74) is 8.01. The maximum Gasteiger partial charge on any atom is 0.217 e. The van der Waals surface area contributed by atoms with E-state index in [1.807, 2.05) is 6.20 Å². The lowest BCUT2D eigenvalue weighted by atomic mass is 9.91. The first kappa shape index (κ1) is 12.3. The summed E-state index contributed by atoms with van der Waals surface area (Å²) in [6.45, 7) is 2.79. The van der Waals surface area contributed by atoms with Crippen LogP contribution in [0.25, 0.3) is 0 Å². The summed E-state index contributed by atoms with van der Waals surface area (Å²) < 4.78 is 5.20. The van der Waals surface area contributed by atoms with E-state index in [2.05, 4.69) is 23.0 Å². The summed E-state index contributed by atoms with van der Waals surface area (Å²) >= 11 is 0. The van der Waals surface area contributed by atoms with E-state index >= 15 is 0 Å². The van der Waals surface area contributed by atoms with Crippen molar-refractivity contribution < 1.29 is 4.74 Å². The molecule has 4 nitrogen and oxygen atoms in total. The fraction of sp³-hybridized carbons (Fsp3) is 0.615. The van der Waals surface area contributed by atoms with Crippen molar-refractivity contribution in [2.75, 3.05) is 27.2 Å². The minimum Gasteiger partial charge on any atom is -0.481 e. The largest absolute Gasteiger partial charge is 0.481 e. The van der Waals surface area contributed by atoms with Crippen molar-refractivity contribution in [1.29, 1.82) is 0 Å². The number of nitrogens with two attached hydrogens (primary N) is 1. The molecule has 1 aliphatic rings. The van der Waals surface area contributed by atoms with E-state index in [-0.39, 0.29) is 0 Å². The first-order valence-electron chi connectivity index (χ1n) is 6.16. The highest BCUT2D eigenvalue weighted by Crippen LogP contribution is 2.28. The number of aromatic nitrogens is 1. The number of likely N-dealkylation sites (tertiary alicyclic amines) is 1. The minimum absolute atomic E-state index is 0.479. The van der Waals surface area contributed by atoms with E-state index in [0.717, 1.165) is 12.1 Å². The molecule has 1 fully saturated rings. The molecule has 1 aromatic rings. The van der Waals surface area contributed by atoms with Crippen LogP contribution in [0.3, 0.4) is 0 Å². The van der Waals surface area contributed by atoms with Gasteiger partial charge in [0.1, 0.15) is 0 Å². The lowest BCUT2D eigenvalue weighted by Gasteiger charge is -2.30. The first-order valence-corrected chi connectivity index (χ1v) is 6.16. The van der Waals surface area contributed by atoms with Crippen molar-refractivity contribution in [2.24, 2.45) is 5.73 Å². The topological polar surface area (TPSA) is 51.4 Å². The molecule has 4 heteroatoms. The van der Waals surface area contributed by atoms with Crippen molar-refractivity contribution in [3.63, 3.8) is 0 Å². The number of hydrogen-bond acceptors (Lipinski definition) is 4. The number of pyridine rings is 1. The molecule has 0 aliphatic carbocycles. The fourth-order valence-electron chi connectivity index (χ4n) is 2.51. The van der Waals surface area contributed by atoms with Crippen molar-refractivity contribution in [3.8, 4) is 5.88 Å². The van der Waals surface area contributed by atoms with Crippen molar-refractivity contribution in [2.45, 2.75) is 25.3 Å². The van der Waals surface area contributed by atoms with Crippen LogP contribution in [0.1, 0.15) is 29.9 Å². The Morgan fingerprint density at radius 3 is 3.06 bits per heavy atom. The number of hydrogen-bond donors (Lipinski definition) is 1. The van der Waals surface area contributed by atoms with E-state index in [0.29, 0.717) is 18.3 Å². The van der Waals surface area contributed by atoms with E-state index in [9.17, 15) is 0 Å². The molecule has 2 N–H and O–H groups in total. The zero-order valence-electron chi connectivity index (χ0n) is 10.6. The van der Waals surface area contributed by atoms with Crippen LogP contribution in [0.5, 0.6) is 5.88 Å². The average molecular weight is 235 g/mol. The Morgan fingerprint density at radius 1 is 1.59 bits per heavy atom. The second-order valence-electron chi connectivity index (χ2n) is 4.74. The molecule has 1 aromatic heterocycles. The number of methoxy groups -OCH3 is 1. The molecular weight excluding hydrogens is 214 g/mol. The van der Waals surface area contributed by atoms with E-state index in [4.69, 9.17) is 10.5 Å². The predicted molar refractivity (Wildman–Crippen MR) is 68.2 cm³/mol. The molecule has 1 unspecified atom stereocenters. The minimum atomic E-state index is 0.479. The van der Waals surface area contributed by atoms with Gasteiger partial charge in [0.2, 0.25) is 5.88 Å². The maximum absolute atomic E-state index is 5.72. The van der Waals surface area contributed by atoms with Gasteiger partial charge in [-0.2, -0.15) is 0 Å². The maximum atomic E-state index is 5.72. The van der Waals surface area contributed by atoms with E-state index in [1.54, 1.807) is 7.11 Å². The Bertz CT molecular complexity index is 381. The van der Waals surface area contributed by atoms with Gasteiger partial charge in [0.15, 0.2) is 0 Å². The number of piperidine rings is 1. The van der Waals surface area contributed by atoms with Gasteiger partial charge in [0, 0.05) is 24.8 Å². The van der Waals surface area contributed by atoms with Gasteiger partial charge in [0.05, 0.1) is 7.11 Å². The predicted octanol–water partition coefficient (Wildman–Crippen LogP) is 1.36. The number of rotatable bonds is 3. The third-order valence-electron chi connectivity index (χ3n) is 3.46. The molecule has 17 heavy (non-hydrogen) atoms. The van der Waals surface area contributed by atoms with Gasteiger partial charge >= 0.3 is 0 Å². The summed E-state index contributed by atoms with van der Waals surface area (Å²) in [6.07, 6.45) is 4.43. The quantitative estimate of drug-likeness (QED) is 0.859. The summed E-state index contributed by atoms with van der Waals surface area (Å²) in [4.78, 5) is 6.72. The van der Waals surface area contributed by atoms with Crippen LogP contribution in [0.15, 0.2) is 12.3 Å². The molecule has 0 aromatic carbocycles. The van der Waals surface area contributed by atoms with Crippen LogP contribution in [-0.4, -0.2) is 37.1 Å². The zero-order valence-corrected chi connectivity index (χ0v) is 10.6. The van der Waals surface area contributed by atoms with Gasteiger partial charge in [-0.3, -0.25) is 0 Å². The highest BCUT2D eigenvalue weighted by molar-refractivity contribution is 5.32. The Hall–Kier alpha value is -1.13. The summed E-state index contributed by atoms with van der Waals surface area (Å²) in [5.74, 6) is 1.23. The van der Waals surface area contributed by atoms with Crippen LogP contribution in [-0.2, 0) is 6.54 Å². The van der Waals surface area contributed by atoms with Crippen LogP contribution >= 0.6 is 0 Å². The van der Waals surface area contributed by atoms with Crippen molar-refractivity contribution in [3.05, 3.63) is 23.4 Å². The molecule has 0 saturated carbocycles. The van der Waals surface area contributed by atoms with Crippen molar-refractivity contribution in [1.82, 2.24) is 9.88 Å². The lowest BCUT2D eigenvalue weighted by Crippen LogP contribution is -2.30. The Balaban J connectivity index is 2.20. The number of likely N-dealkylation sites (N-methyl/N-ethyl adjacent to an activating group) is 1. The number of ether oxygens (including phenoxy) is 1. The Kier molecular flexibility index (Phi) is 3.97. The van der Waals surface area contributed by atoms with E-state index in [1.165, 1.54) is 24.9 Å². The molecular formula is C13H21N3O. The Labute approximate surface area is 103 Å². The van der Waals surface area contributed by atoms with Crippen LogP contribution < -0.4 is 10.5 Å². The number of nitrogens with zero attached hydrogens (tertiary/aromatic N) is 2. The second-order valence-corrected chi connectivity index (χ2v) is 4.74. The molecule has 94 valence electrons. The first-order chi connectivity index (χ1) is 8.24. The fourth-order valence-corrected chi connectivity index (χ4v) is 2.51. The standard InChI is InChI=1S/C13H21N3O/c1-16-5-3-4-10(9-16)12-6-11(7-14)13(17-2)15-8-12/h6,8,10H,3-5,7,9,14H2,1-2H3. The molecule has 1 aliphatic heterocycles. The van der Waals surface area contributed by atoms with Crippen LogP contribution in [0, 0.1) is 0 Å². The zero-order chi connectivity index (χ0) is 12.3. The smallest absolute Gasteiger partial charge is 0.217 e.